The molecule has 1 unspecified atom stereocenters. The lowest BCUT2D eigenvalue weighted by molar-refractivity contribution is 0.174. The number of nitrogens with one attached hydrogen (secondary N) is 1. The molecule has 3 heterocycles. The van der Waals surface area contributed by atoms with Gasteiger partial charge in [0.1, 0.15) is 5.82 Å². The van der Waals surface area contributed by atoms with Gasteiger partial charge in [-0.1, -0.05) is 24.3 Å². The number of benzene rings is 2. The Labute approximate surface area is 184 Å². The van der Waals surface area contributed by atoms with Crippen molar-refractivity contribution in [2.75, 3.05) is 25.2 Å². The summed E-state index contributed by atoms with van der Waals surface area (Å²) in [6.07, 6.45) is 6.32. The van der Waals surface area contributed by atoms with Crippen molar-refractivity contribution in [2.45, 2.75) is 37.3 Å². The van der Waals surface area contributed by atoms with Crippen LogP contribution in [0.4, 0.5) is 9.52 Å². The number of anilines is 1. The molecule has 1 aliphatic carbocycles. The minimum atomic E-state index is -0.152. The first kappa shape index (κ1) is 19.1. The van der Waals surface area contributed by atoms with Gasteiger partial charge in [-0.2, -0.15) is 0 Å². The van der Waals surface area contributed by atoms with Crippen LogP contribution in [-0.4, -0.2) is 29.8 Å². The maximum atomic E-state index is 14.7. The zero-order valence-corrected chi connectivity index (χ0v) is 18.0. The van der Waals surface area contributed by atoms with Crippen LogP contribution >= 0.6 is 11.3 Å². The Bertz CT molecular complexity index is 1110. The van der Waals surface area contributed by atoms with Crippen molar-refractivity contribution < 1.29 is 13.9 Å². The molecular formula is C24H24FN3O2S. The fourth-order valence-corrected chi connectivity index (χ4v) is 5.78. The van der Waals surface area contributed by atoms with Gasteiger partial charge in [-0.15, -0.1) is 11.3 Å². The average molecular weight is 438 g/mol. The van der Waals surface area contributed by atoms with E-state index < -0.39 is 0 Å². The van der Waals surface area contributed by atoms with Gasteiger partial charge in [0.2, 0.25) is 6.79 Å². The van der Waals surface area contributed by atoms with E-state index in [1.54, 1.807) is 23.5 Å². The van der Waals surface area contributed by atoms with E-state index in [2.05, 4.69) is 27.3 Å². The van der Waals surface area contributed by atoms with E-state index in [-0.39, 0.29) is 24.2 Å². The van der Waals surface area contributed by atoms with Crippen LogP contribution in [0.5, 0.6) is 11.5 Å². The van der Waals surface area contributed by atoms with Gasteiger partial charge in [0.25, 0.3) is 0 Å². The smallest absolute Gasteiger partial charge is 0.231 e. The lowest BCUT2D eigenvalue weighted by atomic mass is 10.0. The molecule has 0 spiro atoms. The van der Waals surface area contributed by atoms with Crippen molar-refractivity contribution in [3.63, 3.8) is 0 Å². The van der Waals surface area contributed by atoms with Crippen LogP contribution in [0.3, 0.4) is 0 Å². The number of aromatic nitrogens is 1. The molecule has 1 saturated carbocycles. The number of hydrogen-bond acceptors (Lipinski definition) is 6. The van der Waals surface area contributed by atoms with E-state index in [1.165, 1.54) is 5.56 Å². The molecule has 2 aromatic carbocycles. The third kappa shape index (κ3) is 3.46. The summed E-state index contributed by atoms with van der Waals surface area (Å²) in [6, 6.07) is 13.2. The second-order valence-electron chi connectivity index (χ2n) is 8.51. The molecule has 2 fully saturated rings. The molecule has 5 nitrogen and oxygen atoms in total. The van der Waals surface area contributed by atoms with Gasteiger partial charge in [-0.3, -0.25) is 4.90 Å². The molecule has 3 aliphatic rings. The second kappa shape index (κ2) is 7.50. The van der Waals surface area contributed by atoms with Crippen LogP contribution in [0.1, 0.15) is 47.7 Å². The summed E-state index contributed by atoms with van der Waals surface area (Å²) in [5.74, 6) is 1.45. The molecule has 31 heavy (non-hydrogen) atoms. The summed E-state index contributed by atoms with van der Waals surface area (Å²) in [4.78, 5) is 8.14. The quantitative estimate of drug-likeness (QED) is 0.567. The van der Waals surface area contributed by atoms with Crippen molar-refractivity contribution in [1.82, 2.24) is 9.88 Å². The summed E-state index contributed by atoms with van der Waals surface area (Å²) in [6.45, 7) is 2.25. The standard InChI is InChI=1S/C24H24FN3O2S/c25-18-6-2-1-5-17(18)22(28-11-3-4-12-28)21-14-26-23(31-21)27-24(9-10-24)16-7-8-19-20(13-16)30-15-29-19/h1-2,5-8,13-14,22H,3-4,9-12,15H2,(H,26,27). The molecule has 160 valence electrons. The fraction of sp³-hybridized carbons (Fsp3) is 0.375. The monoisotopic (exact) mass is 437 g/mol. The van der Waals surface area contributed by atoms with Crippen molar-refractivity contribution in [3.05, 3.63) is 70.5 Å². The molecule has 7 heteroatoms. The zero-order chi connectivity index (χ0) is 20.8. The number of fused-ring (bicyclic) bond motifs is 1. The Morgan fingerprint density at radius 1 is 1.06 bits per heavy atom. The molecule has 0 amide bonds. The highest BCUT2D eigenvalue weighted by Gasteiger charge is 2.45. The third-order valence-electron chi connectivity index (χ3n) is 6.52. The van der Waals surface area contributed by atoms with Crippen LogP contribution < -0.4 is 14.8 Å². The first-order valence-corrected chi connectivity index (χ1v) is 11.7. The van der Waals surface area contributed by atoms with Crippen LogP contribution in [-0.2, 0) is 5.54 Å². The Balaban J connectivity index is 1.28. The molecule has 2 aliphatic heterocycles. The molecule has 1 aromatic heterocycles. The van der Waals surface area contributed by atoms with E-state index in [0.717, 1.165) is 65.8 Å². The molecule has 1 saturated heterocycles. The molecule has 1 atom stereocenters. The minimum Gasteiger partial charge on any atom is -0.454 e. The maximum absolute atomic E-state index is 14.7. The largest absolute Gasteiger partial charge is 0.454 e. The lowest BCUT2D eigenvalue weighted by Crippen LogP contribution is -2.26. The van der Waals surface area contributed by atoms with Crippen molar-refractivity contribution in [2.24, 2.45) is 0 Å². The molecule has 3 aromatic rings. The van der Waals surface area contributed by atoms with Gasteiger partial charge in [0.05, 0.1) is 11.6 Å². The fourth-order valence-electron chi connectivity index (χ4n) is 4.71. The summed E-state index contributed by atoms with van der Waals surface area (Å²) in [5, 5.41) is 4.55. The maximum Gasteiger partial charge on any atom is 0.231 e. The van der Waals surface area contributed by atoms with Gasteiger partial charge in [0, 0.05) is 16.6 Å². The van der Waals surface area contributed by atoms with E-state index in [9.17, 15) is 4.39 Å². The van der Waals surface area contributed by atoms with Gasteiger partial charge >= 0.3 is 0 Å². The first-order valence-electron chi connectivity index (χ1n) is 10.8. The van der Waals surface area contributed by atoms with Gasteiger partial charge in [0.15, 0.2) is 16.6 Å². The molecule has 0 radical (unpaired) electrons. The molecule has 6 rings (SSSR count). The van der Waals surface area contributed by atoms with Crippen molar-refractivity contribution >= 4 is 16.5 Å². The minimum absolute atomic E-state index is 0.0857. The Kier molecular flexibility index (Phi) is 4.61. The number of thiazole rings is 1. The summed E-state index contributed by atoms with van der Waals surface area (Å²) in [7, 11) is 0. The van der Waals surface area contributed by atoms with Crippen molar-refractivity contribution in [3.8, 4) is 11.5 Å². The second-order valence-corrected chi connectivity index (χ2v) is 9.57. The van der Waals surface area contributed by atoms with Gasteiger partial charge in [-0.25, -0.2) is 9.37 Å². The topological polar surface area (TPSA) is 46.6 Å². The summed E-state index contributed by atoms with van der Waals surface area (Å²) >= 11 is 1.63. The van der Waals surface area contributed by atoms with Crippen LogP contribution in [0.25, 0.3) is 0 Å². The lowest BCUT2D eigenvalue weighted by Gasteiger charge is -2.27. The van der Waals surface area contributed by atoms with Crippen LogP contribution in [0.2, 0.25) is 0 Å². The molecule has 0 bridgehead atoms. The number of halogens is 1. The Morgan fingerprint density at radius 2 is 1.87 bits per heavy atom. The Morgan fingerprint density at radius 3 is 2.68 bits per heavy atom. The van der Waals surface area contributed by atoms with Gasteiger partial charge < -0.3 is 14.8 Å². The highest BCUT2D eigenvalue weighted by atomic mass is 32.1. The number of ether oxygens (including phenoxy) is 2. The van der Waals surface area contributed by atoms with Crippen molar-refractivity contribution in [1.29, 1.82) is 0 Å². The predicted octanol–water partition coefficient (Wildman–Crippen LogP) is 5.30. The number of hydrogen-bond donors (Lipinski definition) is 1. The van der Waals surface area contributed by atoms with E-state index in [4.69, 9.17) is 9.47 Å². The Hall–Kier alpha value is -2.64. The number of nitrogens with zero attached hydrogens (tertiary/aromatic N) is 2. The SMILES string of the molecule is Fc1ccccc1C(c1cnc(NC2(c3ccc4c(c3)OCO4)CC2)s1)N1CCCC1. The van der Waals surface area contributed by atoms with Gasteiger partial charge in [-0.05, 0) is 62.5 Å². The van der Waals surface area contributed by atoms with E-state index in [0.29, 0.717) is 0 Å². The zero-order valence-electron chi connectivity index (χ0n) is 17.1. The predicted molar refractivity (Wildman–Crippen MR) is 118 cm³/mol. The third-order valence-corrected chi connectivity index (χ3v) is 7.49. The molecular weight excluding hydrogens is 413 g/mol. The number of likely N-dealkylation sites (tertiary alicyclic amines) is 1. The summed E-state index contributed by atoms with van der Waals surface area (Å²) < 4.78 is 25.7. The van der Waals surface area contributed by atoms with E-state index in [1.807, 2.05) is 24.4 Å². The van der Waals surface area contributed by atoms with Crippen LogP contribution in [0, 0.1) is 5.82 Å². The summed E-state index contributed by atoms with van der Waals surface area (Å²) in [5.41, 5.74) is 1.81. The first-order chi connectivity index (χ1) is 15.2. The normalized spacial score (nSPS) is 20.0. The van der Waals surface area contributed by atoms with E-state index >= 15 is 0 Å². The van der Waals surface area contributed by atoms with Crippen LogP contribution in [0.15, 0.2) is 48.7 Å². The average Bonchev–Trinajstić information content (AvgIpc) is 3.19. The highest BCUT2D eigenvalue weighted by molar-refractivity contribution is 7.15. The molecule has 1 N–H and O–H groups in total. The highest BCUT2D eigenvalue weighted by Crippen LogP contribution is 2.51. The number of rotatable bonds is 6.